The largest absolute Gasteiger partial charge is 0.480 e. The lowest BCUT2D eigenvalue weighted by Gasteiger charge is -2.19. The second-order valence-corrected chi connectivity index (χ2v) is 8.44. The van der Waals surface area contributed by atoms with Crippen molar-refractivity contribution < 1.29 is 24.2 Å². The monoisotopic (exact) mass is 494 g/mol. The number of ether oxygens (including phenoxy) is 1. The summed E-state index contributed by atoms with van der Waals surface area (Å²) in [6.45, 7) is 10.0. The van der Waals surface area contributed by atoms with Gasteiger partial charge in [0, 0.05) is 6.42 Å². The number of alkyl carbamates (subject to hydrolysis) is 1. The first-order valence-electron chi connectivity index (χ1n) is 12.2. The summed E-state index contributed by atoms with van der Waals surface area (Å²) < 4.78 is 5.21. The van der Waals surface area contributed by atoms with Crippen molar-refractivity contribution in [2.75, 3.05) is 6.54 Å². The van der Waals surface area contributed by atoms with Gasteiger partial charge >= 0.3 is 12.1 Å². The first-order chi connectivity index (χ1) is 17.3. The molecular weight excluding hydrogens is 456 g/mol. The van der Waals surface area contributed by atoms with Crippen molar-refractivity contribution in [1.29, 1.82) is 0 Å². The van der Waals surface area contributed by atoms with Gasteiger partial charge < -0.3 is 20.5 Å². The van der Waals surface area contributed by atoms with Crippen molar-refractivity contribution >= 4 is 28.7 Å². The number of carbonyl (C=O) groups excluding carboxylic acids is 2. The van der Waals surface area contributed by atoms with E-state index in [2.05, 4.69) is 31.4 Å². The quantitative estimate of drug-likeness (QED) is 0.380. The third kappa shape index (κ3) is 11.5. The molecule has 0 aliphatic rings. The van der Waals surface area contributed by atoms with Gasteiger partial charge in [-0.05, 0) is 27.8 Å². The fourth-order valence-electron chi connectivity index (χ4n) is 3.09. The highest BCUT2D eigenvalue weighted by atomic mass is 16.5. The van der Waals surface area contributed by atoms with Crippen LogP contribution in [0.15, 0.2) is 72.8 Å². The zero-order valence-electron chi connectivity index (χ0n) is 21.8. The minimum atomic E-state index is -1.17. The Hall–Kier alpha value is -3.87. The van der Waals surface area contributed by atoms with E-state index < -0.39 is 30.6 Å². The van der Waals surface area contributed by atoms with Crippen molar-refractivity contribution in [3.8, 4) is 0 Å². The van der Waals surface area contributed by atoms with E-state index in [0.717, 1.165) is 27.8 Å². The number of amides is 2. The average molecular weight is 495 g/mol. The van der Waals surface area contributed by atoms with Crippen LogP contribution in [-0.2, 0) is 27.4 Å². The second kappa shape index (κ2) is 16.7. The van der Waals surface area contributed by atoms with Crippen LogP contribution in [0.25, 0.3) is 10.8 Å². The highest BCUT2D eigenvalue weighted by Crippen LogP contribution is 2.20. The van der Waals surface area contributed by atoms with Gasteiger partial charge in [0.1, 0.15) is 19.2 Å². The predicted octanol–water partition coefficient (Wildman–Crippen LogP) is 5.57. The fraction of sp³-hybridized carbons (Fsp3) is 0.345. The van der Waals surface area contributed by atoms with Crippen LogP contribution in [-0.4, -0.2) is 35.7 Å². The summed E-state index contributed by atoms with van der Waals surface area (Å²) in [5.41, 5.74) is 1.67. The van der Waals surface area contributed by atoms with E-state index in [-0.39, 0.29) is 13.0 Å². The fourth-order valence-corrected chi connectivity index (χ4v) is 3.09. The molecule has 2 amide bonds. The van der Waals surface area contributed by atoms with E-state index in [9.17, 15) is 14.4 Å². The Balaban J connectivity index is 0.000000982. The first kappa shape index (κ1) is 30.2. The maximum absolute atomic E-state index is 12.6. The van der Waals surface area contributed by atoms with Crippen molar-refractivity contribution in [1.82, 2.24) is 10.6 Å². The molecule has 1 unspecified atom stereocenters. The summed E-state index contributed by atoms with van der Waals surface area (Å²) in [6, 6.07) is 21.6. The van der Waals surface area contributed by atoms with E-state index in [1.807, 2.05) is 86.6 Å². The smallest absolute Gasteiger partial charge is 0.408 e. The number of fused-ring (bicyclic) bond motifs is 1. The maximum Gasteiger partial charge on any atom is 0.408 e. The average Bonchev–Trinajstić information content (AvgIpc) is 2.87. The van der Waals surface area contributed by atoms with Crippen LogP contribution in [0.5, 0.6) is 0 Å². The number of benzene rings is 3. The third-order valence-electron chi connectivity index (χ3n) is 4.54. The van der Waals surface area contributed by atoms with Crippen LogP contribution in [0.3, 0.4) is 0 Å². The van der Waals surface area contributed by atoms with Crippen molar-refractivity contribution in [3.63, 3.8) is 0 Å². The summed E-state index contributed by atoms with van der Waals surface area (Å²) in [7, 11) is 0. The molecule has 0 aliphatic heterocycles. The Bertz CT molecular complexity index is 1080. The molecule has 0 radical (unpaired) electrons. The summed E-state index contributed by atoms with van der Waals surface area (Å²) in [6.07, 6.45) is -0.567. The molecule has 0 aromatic heterocycles. The van der Waals surface area contributed by atoms with Crippen LogP contribution < -0.4 is 10.6 Å². The predicted molar refractivity (Wildman–Crippen MR) is 144 cm³/mol. The van der Waals surface area contributed by atoms with Gasteiger partial charge in [-0.3, -0.25) is 9.59 Å². The van der Waals surface area contributed by atoms with Gasteiger partial charge in [0.05, 0.1) is 0 Å². The van der Waals surface area contributed by atoms with Gasteiger partial charge in [0.15, 0.2) is 0 Å². The summed E-state index contributed by atoms with van der Waals surface area (Å²) in [5.74, 6) is -0.930. The Morgan fingerprint density at radius 2 is 1.44 bits per heavy atom. The van der Waals surface area contributed by atoms with Crippen LogP contribution in [0, 0.1) is 5.92 Å². The number of hydrogen-bond donors (Lipinski definition) is 3. The molecule has 3 rings (SSSR count). The standard InChI is InChI=1S/C23H22N2O5.C4H10.C2H6/c26-21(27)14-24-22(28)20(25-23(29)30-15-16-7-2-1-3-8-16)13-18-11-6-10-17-9-4-5-12-19(17)18;1-4(2)3;1-2/h1-12,20H,13-15H2,(H,24,28)(H,25,29)(H,26,27);4H,1-3H3;1-2H3. The zero-order valence-corrected chi connectivity index (χ0v) is 21.8. The van der Waals surface area contributed by atoms with Crippen molar-refractivity contribution in [2.45, 2.75) is 53.7 Å². The third-order valence-corrected chi connectivity index (χ3v) is 4.54. The van der Waals surface area contributed by atoms with Gasteiger partial charge in [-0.2, -0.15) is 0 Å². The number of rotatable bonds is 8. The molecule has 3 N–H and O–H groups in total. The SMILES string of the molecule is CC.CC(C)C.O=C(O)CNC(=O)C(Cc1cccc2ccccc12)NC(=O)OCc1ccccc1. The normalized spacial score (nSPS) is 10.7. The van der Waals surface area contributed by atoms with Gasteiger partial charge in [0.25, 0.3) is 0 Å². The molecule has 0 spiro atoms. The minimum absolute atomic E-state index is 0.0599. The molecular formula is C29H38N2O5. The number of carboxylic acid groups (broad SMARTS) is 1. The molecule has 3 aromatic rings. The van der Waals surface area contributed by atoms with E-state index >= 15 is 0 Å². The summed E-state index contributed by atoms with van der Waals surface area (Å²) >= 11 is 0. The van der Waals surface area contributed by atoms with Crippen LogP contribution >= 0.6 is 0 Å². The van der Waals surface area contributed by atoms with Crippen LogP contribution in [0.4, 0.5) is 4.79 Å². The van der Waals surface area contributed by atoms with Crippen LogP contribution in [0.2, 0.25) is 0 Å². The molecule has 194 valence electrons. The number of aliphatic carboxylic acids is 1. The lowest BCUT2D eigenvalue weighted by molar-refractivity contribution is -0.138. The van der Waals surface area contributed by atoms with E-state index in [0.29, 0.717) is 0 Å². The van der Waals surface area contributed by atoms with E-state index in [1.54, 1.807) is 0 Å². The molecule has 0 saturated heterocycles. The molecule has 3 aromatic carbocycles. The molecule has 7 heteroatoms. The Labute approximate surface area is 213 Å². The lowest BCUT2D eigenvalue weighted by Crippen LogP contribution is -2.49. The zero-order chi connectivity index (χ0) is 26.9. The molecule has 0 bridgehead atoms. The molecule has 7 nitrogen and oxygen atoms in total. The number of carbonyl (C=O) groups is 3. The molecule has 0 aliphatic carbocycles. The molecule has 0 fully saturated rings. The summed E-state index contributed by atoms with van der Waals surface area (Å²) in [4.78, 5) is 35.7. The number of nitrogens with one attached hydrogen (secondary N) is 2. The van der Waals surface area contributed by atoms with Crippen LogP contribution in [0.1, 0.15) is 45.7 Å². The highest BCUT2D eigenvalue weighted by Gasteiger charge is 2.23. The van der Waals surface area contributed by atoms with Gasteiger partial charge in [-0.25, -0.2) is 4.79 Å². The Morgan fingerprint density at radius 1 is 0.861 bits per heavy atom. The molecule has 0 heterocycles. The number of carboxylic acids is 1. The highest BCUT2D eigenvalue weighted by molar-refractivity contribution is 5.90. The lowest BCUT2D eigenvalue weighted by atomic mass is 9.98. The maximum atomic E-state index is 12.6. The Morgan fingerprint density at radius 3 is 2.08 bits per heavy atom. The topological polar surface area (TPSA) is 105 Å². The Kier molecular flexibility index (Phi) is 14.0. The van der Waals surface area contributed by atoms with Gasteiger partial charge in [0.2, 0.25) is 5.91 Å². The minimum Gasteiger partial charge on any atom is -0.480 e. The van der Waals surface area contributed by atoms with Crippen molar-refractivity contribution in [3.05, 3.63) is 83.9 Å². The van der Waals surface area contributed by atoms with Gasteiger partial charge in [-0.1, -0.05) is 107 Å². The van der Waals surface area contributed by atoms with Crippen molar-refractivity contribution in [2.24, 2.45) is 5.92 Å². The molecule has 36 heavy (non-hydrogen) atoms. The second-order valence-electron chi connectivity index (χ2n) is 8.44. The number of hydrogen-bond acceptors (Lipinski definition) is 4. The first-order valence-corrected chi connectivity index (χ1v) is 12.2. The van der Waals surface area contributed by atoms with E-state index in [4.69, 9.17) is 9.84 Å². The molecule has 0 saturated carbocycles. The van der Waals surface area contributed by atoms with E-state index in [1.165, 1.54) is 0 Å². The van der Waals surface area contributed by atoms with Gasteiger partial charge in [-0.15, -0.1) is 0 Å². The summed E-state index contributed by atoms with van der Waals surface area (Å²) in [5, 5.41) is 15.7. The molecule has 1 atom stereocenters.